The van der Waals surface area contributed by atoms with Gasteiger partial charge in [0.1, 0.15) is 6.04 Å². The molecule has 92 valence electrons. The molecule has 17 heavy (non-hydrogen) atoms. The van der Waals surface area contributed by atoms with Crippen LogP contribution in [-0.2, 0) is 11.2 Å². The van der Waals surface area contributed by atoms with Gasteiger partial charge in [0.2, 0.25) is 5.91 Å². The predicted octanol–water partition coefficient (Wildman–Crippen LogP) is -0.617. The van der Waals surface area contributed by atoms with E-state index < -0.39 is 0 Å². The molecule has 5 heteroatoms. The number of nitrogens with zero attached hydrogens (tertiary/aromatic N) is 2. The standard InChI is InChI=1S/C12H18N4O/c13-12(17)11-9-14-6-8-16(11)7-4-10-3-1-2-5-15-10/h1-3,5,11,14H,4,6-9H2,(H2,13,17). The summed E-state index contributed by atoms with van der Waals surface area (Å²) in [4.78, 5) is 17.7. The fourth-order valence-electron chi connectivity index (χ4n) is 2.10. The number of hydrogen-bond acceptors (Lipinski definition) is 4. The zero-order valence-electron chi connectivity index (χ0n) is 9.80. The van der Waals surface area contributed by atoms with Crippen molar-refractivity contribution in [1.82, 2.24) is 15.2 Å². The van der Waals surface area contributed by atoms with E-state index in [1.54, 1.807) is 6.20 Å². The second kappa shape index (κ2) is 5.75. The van der Waals surface area contributed by atoms with Crippen LogP contribution in [0.2, 0.25) is 0 Å². The third kappa shape index (κ3) is 3.25. The molecule has 1 fully saturated rings. The summed E-state index contributed by atoms with van der Waals surface area (Å²) >= 11 is 0. The maximum atomic E-state index is 11.3. The molecule has 1 atom stereocenters. The van der Waals surface area contributed by atoms with E-state index in [0.29, 0.717) is 6.54 Å². The quantitative estimate of drug-likeness (QED) is 0.728. The maximum Gasteiger partial charge on any atom is 0.236 e. The first kappa shape index (κ1) is 12.0. The molecule has 2 rings (SSSR count). The second-order valence-corrected chi connectivity index (χ2v) is 4.23. The number of amides is 1. The van der Waals surface area contributed by atoms with E-state index >= 15 is 0 Å². The number of carbonyl (C=O) groups excluding carboxylic acids is 1. The number of aromatic nitrogens is 1. The molecule has 5 nitrogen and oxygen atoms in total. The average Bonchev–Trinajstić information content (AvgIpc) is 2.38. The molecule has 1 aromatic heterocycles. The topological polar surface area (TPSA) is 71.2 Å². The number of nitrogens with two attached hydrogens (primary N) is 1. The summed E-state index contributed by atoms with van der Waals surface area (Å²) in [5, 5.41) is 3.19. The van der Waals surface area contributed by atoms with Crippen LogP contribution >= 0.6 is 0 Å². The van der Waals surface area contributed by atoms with Gasteiger partial charge in [-0.05, 0) is 12.1 Å². The minimum absolute atomic E-state index is 0.188. The Morgan fingerprint density at radius 1 is 1.59 bits per heavy atom. The first-order chi connectivity index (χ1) is 8.27. The fraction of sp³-hybridized carbons (Fsp3) is 0.500. The van der Waals surface area contributed by atoms with Gasteiger partial charge in [-0.1, -0.05) is 6.07 Å². The van der Waals surface area contributed by atoms with Gasteiger partial charge in [0.05, 0.1) is 0 Å². The lowest BCUT2D eigenvalue weighted by Crippen LogP contribution is -2.57. The number of nitrogens with one attached hydrogen (secondary N) is 1. The lowest BCUT2D eigenvalue weighted by atomic mass is 10.1. The molecular formula is C12H18N4O. The fourth-order valence-corrected chi connectivity index (χ4v) is 2.10. The molecule has 0 aromatic carbocycles. The Kier molecular flexibility index (Phi) is 4.06. The highest BCUT2D eigenvalue weighted by Crippen LogP contribution is 2.05. The van der Waals surface area contributed by atoms with Crippen LogP contribution in [0.4, 0.5) is 0 Å². The number of primary amides is 1. The van der Waals surface area contributed by atoms with Crippen LogP contribution in [0.1, 0.15) is 5.69 Å². The summed E-state index contributed by atoms with van der Waals surface area (Å²) in [6, 6.07) is 5.70. The van der Waals surface area contributed by atoms with Crippen LogP contribution in [0, 0.1) is 0 Å². The summed E-state index contributed by atoms with van der Waals surface area (Å²) < 4.78 is 0. The smallest absolute Gasteiger partial charge is 0.236 e. The zero-order valence-corrected chi connectivity index (χ0v) is 9.80. The Balaban J connectivity index is 1.90. The van der Waals surface area contributed by atoms with Gasteiger partial charge in [-0.3, -0.25) is 14.7 Å². The molecule has 1 aromatic rings. The third-order valence-electron chi connectivity index (χ3n) is 3.06. The summed E-state index contributed by atoms with van der Waals surface area (Å²) in [5.41, 5.74) is 6.44. The Morgan fingerprint density at radius 2 is 2.47 bits per heavy atom. The highest BCUT2D eigenvalue weighted by molar-refractivity contribution is 5.80. The van der Waals surface area contributed by atoms with Crippen LogP contribution in [-0.4, -0.2) is 48.0 Å². The SMILES string of the molecule is NC(=O)C1CNCCN1CCc1ccccn1. The minimum Gasteiger partial charge on any atom is -0.368 e. The monoisotopic (exact) mass is 234 g/mol. The Bertz CT molecular complexity index is 368. The molecule has 0 radical (unpaired) electrons. The minimum atomic E-state index is -0.252. The van der Waals surface area contributed by atoms with E-state index in [1.807, 2.05) is 18.2 Å². The second-order valence-electron chi connectivity index (χ2n) is 4.23. The molecule has 0 spiro atoms. The lowest BCUT2D eigenvalue weighted by Gasteiger charge is -2.33. The number of hydrogen-bond donors (Lipinski definition) is 2. The molecule has 0 bridgehead atoms. The first-order valence-electron chi connectivity index (χ1n) is 5.91. The van der Waals surface area contributed by atoms with Gasteiger partial charge in [0, 0.05) is 44.5 Å². The van der Waals surface area contributed by atoms with Gasteiger partial charge in [0.25, 0.3) is 0 Å². The van der Waals surface area contributed by atoms with Crippen LogP contribution in [0.5, 0.6) is 0 Å². The zero-order chi connectivity index (χ0) is 12.1. The van der Waals surface area contributed by atoms with Gasteiger partial charge in [0.15, 0.2) is 0 Å². The predicted molar refractivity (Wildman–Crippen MR) is 65.4 cm³/mol. The molecule has 0 saturated carbocycles. The lowest BCUT2D eigenvalue weighted by molar-refractivity contribution is -0.123. The van der Waals surface area contributed by atoms with E-state index in [2.05, 4.69) is 15.2 Å². The number of piperazine rings is 1. The molecule has 1 amide bonds. The molecule has 1 aliphatic rings. The number of rotatable bonds is 4. The molecule has 1 aliphatic heterocycles. The van der Waals surface area contributed by atoms with E-state index in [0.717, 1.165) is 31.7 Å². The number of carbonyl (C=O) groups is 1. The molecule has 2 heterocycles. The summed E-state index contributed by atoms with van der Waals surface area (Å²) in [6.07, 6.45) is 2.64. The summed E-state index contributed by atoms with van der Waals surface area (Å²) in [6.45, 7) is 3.25. The van der Waals surface area contributed by atoms with Crippen LogP contribution in [0.15, 0.2) is 24.4 Å². The van der Waals surface area contributed by atoms with E-state index in [4.69, 9.17) is 5.73 Å². The third-order valence-corrected chi connectivity index (χ3v) is 3.06. The Morgan fingerprint density at radius 3 is 3.18 bits per heavy atom. The van der Waals surface area contributed by atoms with Crippen molar-refractivity contribution in [2.45, 2.75) is 12.5 Å². The summed E-state index contributed by atoms with van der Waals surface area (Å²) in [7, 11) is 0. The van der Waals surface area contributed by atoms with E-state index in [9.17, 15) is 4.79 Å². The van der Waals surface area contributed by atoms with Gasteiger partial charge in [-0.25, -0.2) is 0 Å². The van der Waals surface area contributed by atoms with Crippen molar-refractivity contribution in [1.29, 1.82) is 0 Å². The van der Waals surface area contributed by atoms with Gasteiger partial charge in [-0.15, -0.1) is 0 Å². The number of pyridine rings is 1. The molecule has 1 saturated heterocycles. The molecular weight excluding hydrogens is 216 g/mol. The highest BCUT2D eigenvalue weighted by Gasteiger charge is 2.26. The molecule has 3 N–H and O–H groups in total. The van der Waals surface area contributed by atoms with Crippen molar-refractivity contribution < 1.29 is 4.79 Å². The summed E-state index contributed by atoms with van der Waals surface area (Å²) in [5.74, 6) is -0.252. The first-order valence-corrected chi connectivity index (χ1v) is 5.91. The van der Waals surface area contributed by atoms with Gasteiger partial charge < -0.3 is 11.1 Å². The molecule has 1 unspecified atom stereocenters. The normalized spacial score (nSPS) is 21.3. The van der Waals surface area contributed by atoms with E-state index in [-0.39, 0.29) is 11.9 Å². The van der Waals surface area contributed by atoms with Crippen molar-refractivity contribution in [2.75, 3.05) is 26.2 Å². The van der Waals surface area contributed by atoms with Gasteiger partial charge >= 0.3 is 0 Å². The maximum absolute atomic E-state index is 11.3. The average molecular weight is 234 g/mol. The van der Waals surface area contributed by atoms with Gasteiger partial charge in [-0.2, -0.15) is 0 Å². The largest absolute Gasteiger partial charge is 0.368 e. The highest BCUT2D eigenvalue weighted by atomic mass is 16.1. The van der Waals surface area contributed by atoms with Crippen molar-refractivity contribution in [2.24, 2.45) is 5.73 Å². The Hall–Kier alpha value is -1.46. The molecule has 0 aliphatic carbocycles. The van der Waals surface area contributed by atoms with Crippen molar-refractivity contribution in [3.8, 4) is 0 Å². The van der Waals surface area contributed by atoms with E-state index in [1.165, 1.54) is 0 Å². The Labute approximate surface area is 101 Å². The van der Waals surface area contributed by atoms with Crippen LogP contribution < -0.4 is 11.1 Å². The van der Waals surface area contributed by atoms with Crippen molar-refractivity contribution in [3.05, 3.63) is 30.1 Å². The van der Waals surface area contributed by atoms with Crippen molar-refractivity contribution >= 4 is 5.91 Å². The van der Waals surface area contributed by atoms with Crippen LogP contribution in [0.3, 0.4) is 0 Å². The van der Waals surface area contributed by atoms with Crippen LogP contribution in [0.25, 0.3) is 0 Å². The van der Waals surface area contributed by atoms with Crippen molar-refractivity contribution in [3.63, 3.8) is 0 Å².